The second-order valence-electron chi connectivity index (χ2n) is 6.06. The normalized spacial score (nSPS) is 29.9. The van der Waals surface area contributed by atoms with Crippen LogP contribution in [0.3, 0.4) is 0 Å². The van der Waals surface area contributed by atoms with Gasteiger partial charge in [0.05, 0.1) is 5.41 Å². The molecule has 3 nitrogen and oxygen atoms in total. The Balaban J connectivity index is 1.61. The Labute approximate surface area is 119 Å². The number of nitrogens with zero attached hydrogens (tertiary/aromatic N) is 1. The Hall–Kier alpha value is -1.61. The molecule has 2 fully saturated rings. The summed E-state index contributed by atoms with van der Waals surface area (Å²) in [6.07, 6.45) is 7.26. The molecule has 1 aromatic rings. The van der Waals surface area contributed by atoms with E-state index in [9.17, 15) is 9.90 Å². The van der Waals surface area contributed by atoms with Crippen LogP contribution in [0.25, 0.3) is 6.08 Å². The molecule has 3 heteroatoms. The summed E-state index contributed by atoms with van der Waals surface area (Å²) in [5.74, 6) is -0.236. The lowest BCUT2D eigenvalue weighted by Crippen LogP contribution is -2.35. The highest BCUT2D eigenvalue weighted by atomic mass is 16.4. The third-order valence-corrected chi connectivity index (χ3v) is 4.84. The van der Waals surface area contributed by atoms with E-state index < -0.39 is 11.4 Å². The van der Waals surface area contributed by atoms with Crippen molar-refractivity contribution >= 4 is 12.0 Å². The van der Waals surface area contributed by atoms with E-state index in [1.54, 1.807) is 0 Å². The minimum atomic E-state index is -0.588. The minimum Gasteiger partial charge on any atom is -0.481 e. The molecule has 20 heavy (non-hydrogen) atoms. The fraction of sp³-hybridized carbons (Fsp3) is 0.471. The first kappa shape index (κ1) is 13.4. The van der Waals surface area contributed by atoms with Crippen LogP contribution in [-0.2, 0) is 4.79 Å². The van der Waals surface area contributed by atoms with Gasteiger partial charge in [0.15, 0.2) is 0 Å². The molecule has 0 unspecified atom stereocenters. The van der Waals surface area contributed by atoms with E-state index in [0.29, 0.717) is 12.5 Å². The van der Waals surface area contributed by atoms with E-state index in [2.05, 4.69) is 29.2 Å². The molecule has 3 rings (SSSR count). The van der Waals surface area contributed by atoms with Crippen LogP contribution in [0, 0.1) is 11.3 Å². The van der Waals surface area contributed by atoms with Crippen molar-refractivity contribution in [2.75, 3.05) is 19.6 Å². The zero-order valence-corrected chi connectivity index (χ0v) is 11.7. The van der Waals surface area contributed by atoms with Crippen molar-refractivity contribution in [1.82, 2.24) is 4.90 Å². The van der Waals surface area contributed by atoms with Gasteiger partial charge in [0, 0.05) is 19.6 Å². The number of aliphatic carboxylic acids is 1. The van der Waals surface area contributed by atoms with Crippen LogP contribution in [0.15, 0.2) is 36.4 Å². The Kier molecular flexibility index (Phi) is 3.62. The monoisotopic (exact) mass is 271 g/mol. The van der Waals surface area contributed by atoms with Gasteiger partial charge in [-0.15, -0.1) is 0 Å². The summed E-state index contributed by atoms with van der Waals surface area (Å²) in [7, 11) is 0. The van der Waals surface area contributed by atoms with E-state index >= 15 is 0 Å². The van der Waals surface area contributed by atoms with Crippen molar-refractivity contribution < 1.29 is 9.90 Å². The molecule has 0 spiro atoms. The standard InChI is InChI=1S/C17H21NO2/c19-16(20)17-10-4-9-15(17)12-18(13-17)11-5-8-14-6-2-1-3-7-14/h1-3,5-8,15H,4,9-13H2,(H,19,20)/b8-5+/t15-,17+/m0/s1. The number of hydrogen-bond donors (Lipinski definition) is 1. The maximum Gasteiger partial charge on any atom is 0.311 e. The minimum absolute atomic E-state index is 0.352. The lowest BCUT2D eigenvalue weighted by atomic mass is 9.81. The summed E-state index contributed by atoms with van der Waals surface area (Å²) >= 11 is 0. The van der Waals surface area contributed by atoms with Gasteiger partial charge in [0.1, 0.15) is 0 Å². The van der Waals surface area contributed by atoms with Gasteiger partial charge in [-0.05, 0) is 24.3 Å². The summed E-state index contributed by atoms with van der Waals surface area (Å²) in [6.45, 7) is 2.50. The number of carboxylic acid groups (broad SMARTS) is 1. The predicted octanol–water partition coefficient (Wildman–Crippen LogP) is 2.89. The molecule has 1 aliphatic carbocycles. The van der Waals surface area contributed by atoms with Gasteiger partial charge in [-0.3, -0.25) is 9.69 Å². The molecule has 1 aliphatic heterocycles. The number of hydrogen-bond acceptors (Lipinski definition) is 2. The first-order valence-corrected chi connectivity index (χ1v) is 7.38. The lowest BCUT2D eigenvalue weighted by Gasteiger charge is -2.23. The van der Waals surface area contributed by atoms with E-state index in [4.69, 9.17) is 0 Å². The van der Waals surface area contributed by atoms with Crippen LogP contribution in [0.1, 0.15) is 24.8 Å². The molecular weight excluding hydrogens is 250 g/mol. The molecule has 1 N–H and O–H groups in total. The number of fused-ring (bicyclic) bond motifs is 1. The van der Waals surface area contributed by atoms with Gasteiger partial charge >= 0.3 is 5.97 Å². The van der Waals surface area contributed by atoms with Crippen molar-refractivity contribution in [3.8, 4) is 0 Å². The summed E-state index contributed by atoms with van der Waals surface area (Å²) in [5.41, 5.74) is 0.737. The molecule has 0 amide bonds. The fourth-order valence-corrected chi connectivity index (χ4v) is 3.78. The van der Waals surface area contributed by atoms with Crippen molar-refractivity contribution in [3.05, 3.63) is 42.0 Å². The predicted molar refractivity (Wildman–Crippen MR) is 79.3 cm³/mol. The van der Waals surface area contributed by atoms with Crippen molar-refractivity contribution in [2.45, 2.75) is 19.3 Å². The van der Waals surface area contributed by atoms with Gasteiger partial charge in [0.2, 0.25) is 0 Å². The largest absolute Gasteiger partial charge is 0.481 e. The van der Waals surface area contributed by atoms with Gasteiger partial charge in [-0.25, -0.2) is 0 Å². The summed E-state index contributed by atoms with van der Waals surface area (Å²) in [4.78, 5) is 13.9. The molecule has 2 aliphatic rings. The van der Waals surface area contributed by atoms with Crippen LogP contribution < -0.4 is 0 Å². The second-order valence-corrected chi connectivity index (χ2v) is 6.06. The molecular formula is C17H21NO2. The maximum absolute atomic E-state index is 11.6. The Bertz CT molecular complexity index is 511. The smallest absolute Gasteiger partial charge is 0.311 e. The van der Waals surface area contributed by atoms with Gasteiger partial charge in [-0.2, -0.15) is 0 Å². The molecule has 1 heterocycles. The highest BCUT2D eigenvalue weighted by Crippen LogP contribution is 2.48. The van der Waals surface area contributed by atoms with Crippen molar-refractivity contribution in [2.24, 2.45) is 11.3 Å². The number of likely N-dealkylation sites (tertiary alicyclic amines) is 1. The highest BCUT2D eigenvalue weighted by Gasteiger charge is 2.54. The Morgan fingerprint density at radius 3 is 2.90 bits per heavy atom. The fourth-order valence-electron chi connectivity index (χ4n) is 3.78. The average Bonchev–Trinajstić information content (AvgIpc) is 2.97. The van der Waals surface area contributed by atoms with E-state index in [-0.39, 0.29) is 0 Å². The third-order valence-electron chi connectivity index (χ3n) is 4.84. The summed E-state index contributed by atoms with van der Waals surface area (Å²) in [5, 5.41) is 9.55. The van der Waals surface area contributed by atoms with Crippen molar-refractivity contribution in [1.29, 1.82) is 0 Å². The van der Waals surface area contributed by atoms with Gasteiger partial charge in [-0.1, -0.05) is 48.9 Å². The molecule has 106 valence electrons. The van der Waals surface area contributed by atoms with E-state index in [1.165, 1.54) is 5.56 Å². The van der Waals surface area contributed by atoms with Crippen molar-refractivity contribution in [3.63, 3.8) is 0 Å². The average molecular weight is 271 g/mol. The number of benzene rings is 1. The van der Waals surface area contributed by atoms with Gasteiger partial charge in [0.25, 0.3) is 0 Å². The summed E-state index contributed by atoms with van der Waals surface area (Å²) < 4.78 is 0. The molecule has 1 saturated carbocycles. The number of rotatable bonds is 4. The molecule has 0 aromatic heterocycles. The van der Waals surface area contributed by atoms with Crippen LogP contribution in [0.2, 0.25) is 0 Å². The zero-order chi connectivity index (χ0) is 14.0. The first-order chi connectivity index (χ1) is 9.71. The number of carboxylic acids is 1. The quantitative estimate of drug-likeness (QED) is 0.915. The Morgan fingerprint density at radius 1 is 1.40 bits per heavy atom. The molecule has 2 atom stereocenters. The topological polar surface area (TPSA) is 40.5 Å². The third kappa shape index (κ3) is 2.38. The molecule has 0 radical (unpaired) electrons. The Morgan fingerprint density at radius 2 is 2.20 bits per heavy atom. The van der Waals surface area contributed by atoms with Crippen LogP contribution >= 0.6 is 0 Å². The maximum atomic E-state index is 11.6. The molecule has 1 aromatic carbocycles. The van der Waals surface area contributed by atoms with E-state index in [1.807, 2.05) is 18.2 Å². The van der Waals surface area contributed by atoms with Crippen LogP contribution in [-0.4, -0.2) is 35.6 Å². The molecule has 0 bridgehead atoms. The number of carbonyl (C=O) groups is 1. The van der Waals surface area contributed by atoms with Gasteiger partial charge < -0.3 is 5.11 Å². The summed E-state index contributed by atoms with van der Waals surface area (Å²) in [6, 6.07) is 10.2. The van der Waals surface area contributed by atoms with Crippen LogP contribution in [0.5, 0.6) is 0 Å². The zero-order valence-electron chi connectivity index (χ0n) is 11.7. The SMILES string of the molecule is O=C(O)[C@@]12CCC[C@H]1CN(C/C=C/c1ccccc1)C2. The first-order valence-electron chi connectivity index (χ1n) is 7.38. The lowest BCUT2D eigenvalue weighted by molar-refractivity contribution is -0.149. The molecule has 1 saturated heterocycles. The second kappa shape index (κ2) is 5.41. The van der Waals surface area contributed by atoms with Crippen LogP contribution in [0.4, 0.5) is 0 Å². The highest BCUT2D eigenvalue weighted by molar-refractivity contribution is 5.76. The van der Waals surface area contributed by atoms with E-state index in [0.717, 1.165) is 32.4 Å².